The summed E-state index contributed by atoms with van der Waals surface area (Å²) in [6.45, 7) is 0. The molecule has 106 valence electrons. The highest BCUT2D eigenvalue weighted by atomic mass is 16.5. The van der Waals surface area contributed by atoms with Crippen molar-refractivity contribution >= 4 is 11.8 Å². The molecule has 0 N–H and O–H groups in total. The third-order valence-corrected chi connectivity index (χ3v) is 3.92. The summed E-state index contributed by atoms with van der Waals surface area (Å²) in [4.78, 5) is 24.0. The van der Waals surface area contributed by atoms with Crippen LogP contribution in [0.25, 0.3) is 0 Å². The number of carbonyl (C=O) groups excluding carboxylic acids is 2. The van der Waals surface area contributed by atoms with E-state index in [-0.39, 0.29) is 18.2 Å². The minimum atomic E-state index is -0.266. The molecule has 21 heavy (non-hydrogen) atoms. The van der Waals surface area contributed by atoms with Crippen LogP contribution in [0.3, 0.4) is 0 Å². The van der Waals surface area contributed by atoms with Gasteiger partial charge >= 0.3 is 5.97 Å². The topological polar surface area (TPSA) is 43.4 Å². The Morgan fingerprint density at radius 2 is 1.76 bits per heavy atom. The Morgan fingerprint density at radius 1 is 1.05 bits per heavy atom. The van der Waals surface area contributed by atoms with Crippen LogP contribution < -0.4 is 0 Å². The number of ether oxygens (including phenoxy) is 1. The second kappa shape index (κ2) is 5.52. The first-order valence-electron chi connectivity index (χ1n) is 7.00. The SMILES string of the molecule is COC(=O)Cc1ccc2c(c1)CCc1ccccc1C2=O. The number of carbonyl (C=O) groups is 2. The van der Waals surface area contributed by atoms with E-state index in [1.165, 1.54) is 7.11 Å². The molecule has 0 saturated carbocycles. The molecular weight excluding hydrogens is 264 g/mol. The molecule has 0 atom stereocenters. The van der Waals surface area contributed by atoms with Gasteiger partial charge in [-0.15, -0.1) is 0 Å². The third-order valence-electron chi connectivity index (χ3n) is 3.92. The van der Waals surface area contributed by atoms with Gasteiger partial charge in [0, 0.05) is 11.1 Å². The number of fused-ring (bicyclic) bond motifs is 2. The molecule has 0 heterocycles. The summed E-state index contributed by atoms with van der Waals surface area (Å²) in [6.07, 6.45) is 1.90. The molecule has 3 rings (SSSR count). The Morgan fingerprint density at radius 3 is 2.57 bits per heavy atom. The normalized spacial score (nSPS) is 13.1. The molecule has 0 spiro atoms. The van der Waals surface area contributed by atoms with Crippen molar-refractivity contribution in [2.45, 2.75) is 19.3 Å². The smallest absolute Gasteiger partial charge is 0.309 e. The molecular formula is C18H16O3. The molecule has 2 aromatic carbocycles. The van der Waals surface area contributed by atoms with Gasteiger partial charge in [0.25, 0.3) is 0 Å². The molecule has 1 aliphatic carbocycles. The van der Waals surface area contributed by atoms with Gasteiger partial charge in [-0.05, 0) is 29.5 Å². The summed E-state index contributed by atoms with van der Waals surface area (Å²) in [5, 5.41) is 0. The molecule has 0 amide bonds. The molecule has 0 radical (unpaired) electrons. The zero-order valence-electron chi connectivity index (χ0n) is 11.9. The zero-order valence-corrected chi connectivity index (χ0v) is 11.9. The maximum absolute atomic E-state index is 12.6. The Labute approximate surface area is 123 Å². The van der Waals surface area contributed by atoms with Crippen LogP contribution in [0.15, 0.2) is 42.5 Å². The Balaban J connectivity index is 1.99. The molecule has 0 unspecified atom stereocenters. The van der Waals surface area contributed by atoms with Crippen molar-refractivity contribution in [1.29, 1.82) is 0 Å². The van der Waals surface area contributed by atoms with Crippen molar-refractivity contribution in [3.63, 3.8) is 0 Å². The fraction of sp³-hybridized carbons (Fsp3) is 0.222. The molecule has 0 bridgehead atoms. The van der Waals surface area contributed by atoms with Gasteiger partial charge in [-0.25, -0.2) is 0 Å². The standard InChI is InChI=1S/C18H16O3/c1-21-17(19)11-12-6-9-16-14(10-12)8-7-13-4-2-3-5-15(13)18(16)20/h2-6,9-10H,7-8,11H2,1H3. The summed E-state index contributed by atoms with van der Waals surface area (Å²) in [7, 11) is 1.38. The maximum atomic E-state index is 12.6. The number of hydrogen-bond donors (Lipinski definition) is 0. The lowest BCUT2D eigenvalue weighted by Crippen LogP contribution is -2.07. The number of rotatable bonds is 2. The first kappa shape index (κ1) is 13.6. The van der Waals surface area contributed by atoms with Crippen molar-refractivity contribution in [2.75, 3.05) is 7.11 Å². The lowest BCUT2D eigenvalue weighted by Gasteiger charge is -2.07. The molecule has 1 aliphatic rings. The molecule has 3 heteroatoms. The van der Waals surface area contributed by atoms with E-state index in [1.807, 2.05) is 42.5 Å². The fourth-order valence-electron chi connectivity index (χ4n) is 2.80. The first-order valence-corrected chi connectivity index (χ1v) is 7.00. The molecule has 3 nitrogen and oxygen atoms in total. The highest BCUT2D eigenvalue weighted by Gasteiger charge is 2.21. The summed E-state index contributed by atoms with van der Waals surface area (Å²) in [5.41, 5.74) is 4.52. The minimum Gasteiger partial charge on any atom is -0.469 e. The van der Waals surface area contributed by atoms with E-state index in [0.29, 0.717) is 0 Å². The van der Waals surface area contributed by atoms with E-state index >= 15 is 0 Å². The van der Waals surface area contributed by atoms with E-state index in [0.717, 1.165) is 40.7 Å². The summed E-state index contributed by atoms with van der Waals surface area (Å²) < 4.78 is 4.69. The number of benzene rings is 2. The van der Waals surface area contributed by atoms with Crippen LogP contribution in [0.2, 0.25) is 0 Å². The summed E-state index contributed by atoms with van der Waals surface area (Å²) in [6, 6.07) is 13.4. The van der Waals surface area contributed by atoms with Gasteiger partial charge in [-0.1, -0.05) is 42.5 Å². The Kier molecular flexibility index (Phi) is 3.57. The van der Waals surface area contributed by atoms with Gasteiger partial charge in [-0.2, -0.15) is 0 Å². The molecule has 0 saturated heterocycles. The summed E-state index contributed by atoms with van der Waals surface area (Å²) in [5.74, 6) is -0.194. The van der Waals surface area contributed by atoms with Crippen LogP contribution >= 0.6 is 0 Å². The van der Waals surface area contributed by atoms with Crippen LogP contribution in [0, 0.1) is 0 Å². The van der Waals surface area contributed by atoms with Gasteiger partial charge in [0.1, 0.15) is 0 Å². The van der Waals surface area contributed by atoms with Gasteiger partial charge in [0.05, 0.1) is 13.5 Å². The van der Waals surface area contributed by atoms with E-state index in [2.05, 4.69) is 4.74 Å². The van der Waals surface area contributed by atoms with E-state index in [1.54, 1.807) is 0 Å². The van der Waals surface area contributed by atoms with Gasteiger partial charge < -0.3 is 4.74 Å². The van der Waals surface area contributed by atoms with Crippen LogP contribution in [0.1, 0.15) is 32.6 Å². The highest BCUT2D eigenvalue weighted by Crippen LogP contribution is 2.25. The molecule has 2 aromatic rings. The van der Waals surface area contributed by atoms with Crippen molar-refractivity contribution in [3.8, 4) is 0 Å². The second-order valence-corrected chi connectivity index (χ2v) is 5.23. The van der Waals surface area contributed by atoms with Gasteiger partial charge in [0.2, 0.25) is 0 Å². The maximum Gasteiger partial charge on any atom is 0.309 e. The van der Waals surface area contributed by atoms with Crippen LogP contribution in [-0.4, -0.2) is 18.9 Å². The van der Waals surface area contributed by atoms with E-state index in [9.17, 15) is 9.59 Å². The third kappa shape index (κ3) is 2.59. The minimum absolute atomic E-state index is 0.0720. The lowest BCUT2D eigenvalue weighted by molar-refractivity contribution is -0.139. The highest BCUT2D eigenvalue weighted by molar-refractivity contribution is 6.11. The average Bonchev–Trinajstić information content (AvgIpc) is 2.65. The molecule has 0 aliphatic heterocycles. The van der Waals surface area contributed by atoms with Gasteiger partial charge in [0.15, 0.2) is 5.78 Å². The predicted molar refractivity (Wildman–Crippen MR) is 79.4 cm³/mol. The quantitative estimate of drug-likeness (QED) is 0.794. The van der Waals surface area contributed by atoms with Crippen molar-refractivity contribution < 1.29 is 14.3 Å². The number of aryl methyl sites for hydroxylation is 2. The van der Waals surface area contributed by atoms with Crippen molar-refractivity contribution in [1.82, 2.24) is 0 Å². The van der Waals surface area contributed by atoms with Crippen LogP contribution in [0.5, 0.6) is 0 Å². The number of methoxy groups -OCH3 is 1. The summed E-state index contributed by atoms with van der Waals surface area (Å²) >= 11 is 0. The average molecular weight is 280 g/mol. The second-order valence-electron chi connectivity index (χ2n) is 5.23. The largest absolute Gasteiger partial charge is 0.469 e. The first-order chi connectivity index (χ1) is 10.2. The van der Waals surface area contributed by atoms with E-state index in [4.69, 9.17) is 0 Å². The van der Waals surface area contributed by atoms with Gasteiger partial charge in [-0.3, -0.25) is 9.59 Å². The predicted octanol–water partition coefficient (Wildman–Crippen LogP) is 2.73. The fourth-order valence-corrected chi connectivity index (χ4v) is 2.80. The Hall–Kier alpha value is -2.42. The van der Waals surface area contributed by atoms with Crippen LogP contribution in [0.4, 0.5) is 0 Å². The Bertz CT molecular complexity index is 716. The number of ketones is 1. The van der Waals surface area contributed by atoms with Crippen LogP contribution in [-0.2, 0) is 28.8 Å². The van der Waals surface area contributed by atoms with Crippen molar-refractivity contribution in [2.24, 2.45) is 0 Å². The number of hydrogen-bond acceptors (Lipinski definition) is 3. The molecule has 0 fully saturated rings. The van der Waals surface area contributed by atoms with E-state index < -0.39 is 0 Å². The number of esters is 1. The lowest BCUT2D eigenvalue weighted by atomic mass is 9.96. The zero-order chi connectivity index (χ0) is 14.8. The monoisotopic (exact) mass is 280 g/mol. The van der Waals surface area contributed by atoms with Crippen molar-refractivity contribution in [3.05, 3.63) is 70.3 Å². The molecule has 0 aromatic heterocycles.